The van der Waals surface area contributed by atoms with Crippen LogP contribution in [0.2, 0.25) is 0 Å². The van der Waals surface area contributed by atoms with E-state index >= 15 is 0 Å². The van der Waals surface area contributed by atoms with E-state index in [4.69, 9.17) is 0 Å². The van der Waals surface area contributed by atoms with Crippen LogP contribution in [-0.2, 0) is 23.0 Å². The fraction of sp³-hybridized carbons (Fsp3) is 0.158. The number of hydrogen-bond acceptors (Lipinski definition) is 4. The Morgan fingerprint density at radius 2 is 1.68 bits per heavy atom. The smallest absolute Gasteiger partial charge is 0.271 e. The third-order valence-corrected chi connectivity index (χ3v) is 7.14. The molecule has 1 N–H and O–H groups in total. The van der Waals surface area contributed by atoms with Crippen LogP contribution in [0.25, 0.3) is 0 Å². The molecule has 0 bridgehead atoms. The van der Waals surface area contributed by atoms with Crippen molar-refractivity contribution >= 4 is 32.7 Å². The van der Waals surface area contributed by atoms with Gasteiger partial charge in [-0.2, -0.15) is 0 Å². The molecule has 128 valence electrons. The lowest BCUT2D eigenvalue weighted by Gasteiger charge is -2.32. The highest BCUT2D eigenvalue weighted by atomic mass is 32.2. The zero-order chi connectivity index (χ0) is 17.3. The monoisotopic (exact) mass is 370 g/mol. The van der Waals surface area contributed by atoms with Crippen LogP contribution < -0.4 is 9.62 Å². The van der Waals surface area contributed by atoms with E-state index < -0.39 is 10.0 Å². The number of rotatable bonds is 4. The summed E-state index contributed by atoms with van der Waals surface area (Å²) in [6.07, 6.45) is 0.960. The van der Waals surface area contributed by atoms with Crippen LogP contribution in [0, 0.1) is 0 Å². The van der Waals surface area contributed by atoms with E-state index in [-0.39, 0.29) is 0 Å². The molecule has 2 heterocycles. The molecule has 1 aromatic heterocycles. The van der Waals surface area contributed by atoms with Gasteiger partial charge in [0, 0.05) is 13.1 Å². The number of benzene rings is 2. The molecule has 0 saturated heterocycles. The third kappa shape index (κ3) is 3.27. The Labute approximate surface area is 151 Å². The SMILES string of the molecule is O=S(=O)(Nc1ccccc1N1CCc2ccccc2C1)c1cccs1. The van der Waals surface area contributed by atoms with Crippen LogP contribution in [-0.4, -0.2) is 15.0 Å². The molecule has 0 atom stereocenters. The maximum absolute atomic E-state index is 12.6. The summed E-state index contributed by atoms with van der Waals surface area (Å²) in [5.74, 6) is 0. The minimum atomic E-state index is -3.55. The molecule has 1 aliphatic heterocycles. The molecule has 0 amide bonds. The summed E-state index contributed by atoms with van der Waals surface area (Å²) in [5, 5.41) is 1.77. The number of nitrogens with zero attached hydrogens (tertiary/aromatic N) is 1. The van der Waals surface area contributed by atoms with Crippen molar-refractivity contribution in [1.82, 2.24) is 0 Å². The van der Waals surface area contributed by atoms with Crippen molar-refractivity contribution in [3.63, 3.8) is 0 Å². The molecule has 0 saturated carbocycles. The number of thiophene rings is 1. The first-order valence-electron chi connectivity index (χ1n) is 8.10. The molecule has 6 heteroatoms. The van der Waals surface area contributed by atoms with Gasteiger partial charge in [0.15, 0.2) is 0 Å². The fourth-order valence-corrected chi connectivity index (χ4v) is 5.22. The molecule has 0 spiro atoms. The van der Waals surface area contributed by atoms with Crippen molar-refractivity contribution in [2.75, 3.05) is 16.2 Å². The lowest BCUT2D eigenvalue weighted by Crippen LogP contribution is -2.31. The quantitative estimate of drug-likeness (QED) is 0.752. The molecule has 0 unspecified atom stereocenters. The van der Waals surface area contributed by atoms with Crippen molar-refractivity contribution in [2.45, 2.75) is 17.2 Å². The molecule has 4 rings (SSSR count). The number of anilines is 2. The zero-order valence-corrected chi connectivity index (χ0v) is 15.2. The van der Waals surface area contributed by atoms with E-state index in [1.54, 1.807) is 17.5 Å². The van der Waals surface area contributed by atoms with Gasteiger partial charge < -0.3 is 4.90 Å². The summed E-state index contributed by atoms with van der Waals surface area (Å²) in [5.41, 5.74) is 4.20. The molecule has 1 aliphatic rings. The first-order chi connectivity index (χ1) is 12.1. The molecule has 2 aromatic carbocycles. The summed E-state index contributed by atoms with van der Waals surface area (Å²) in [6, 6.07) is 19.4. The summed E-state index contributed by atoms with van der Waals surface area (Å²) in [4.78, 5) is 2.23. The second-order valence-electron chi connectivity index (χ2n) is 5.99. The predicted molar refractivity (Wildman–Crippen MR) is 103 cm³/mol. The van der Waals surface area contributed by atoms with Gasteiger partial charge in [0.1, 0.15) is 4.21 Å². The average Bonchev–Trinajstić information content (AvgIpc) is 3.17. The second-order valence-corrected chi connectivity index (χ2v) is 8.85. The Morgan fingerprint density at radius 1 is 0.920 bits per heavy atom. The highest BCUT2D eigenvalue weighted by molar-refractivity contribution is 7.94. The van der Waals surface area contributed by atoms with E-state index in [0.29, 0.717) is 9.90 Å². The highest BCUT2D eigenvalue weighted by Crippen LogP contribution is 2.32. The van der Waals surface area contributed by atoms with Gasteiger partial charge in [0.05, 0.1) is 11.4 Å². The van der Waals surface area contributed by atoms with Gasteiger partial charge in [-0.1, -0.05) is 42.5 Å². The number of hydrogen-bond donors (Lipinski definition) is 1. The second kappa shape index (κ2) is 6.54. The normalized spacial score (nSPS) is 14.2. The topological polar surface area (TPSA) is 49.4 Å². The fourth-order valence-electron chi connectivity index (χ4n) is 3.15. The molecule has 0 radical (unpaired) electrons. The number of sulfonamides is 1. The largest absolute Gasteiger partial charge is 0.365 e. The van der Waals surface area contributed by atoms with E-state index in [9.17, 15) is 8.42 Å². The molecule has 0 fully saturated rings. The first kappa shape index (κ1) is 16.2. The third-order valence-electron chi connectivity index (χ3n) is 4.38. The lowest BCUT2D eigenvalue weighted by atomic mass is 9.99. The maximum atomic E-state index is 12.6. The maximum Gasteiger partial charge on any atom is 0.271 e. The Morgan fingerprint density at radius 3 is 2.48 bits per heavy atom. The van der Waals surface area contributed by atoms with Gasteiger partial charge in [0.25, 0.3) is 10.0 Å². The molecule has 25 heavy (non-hydrogen) atoms. The first-order valence-corrected chi connectivity index (χ1v) is 10.5. The van der Waals surface area contributed by atoms with Crippen LogP contribution >= 0.6 is 11.3 Å². The summed E-state index contributed by atoms with van der Waals surface area (Å²) < 4.78 is 28.2. The Kier molecular flexibility index (Phi) is 4.23. The number of para-hydroxylation sites is 2. The Hall–Kier alpha value is -2.31. The van der Waals surface area contributed by atoms with Crippen molar-refractivity contribution in [3.05, 3.63) is 77.2 Å². The average molecular weight is 370 g/mol. The predicted octanol–water partition coefficient (Wildman–Crippen LogP) is 4.11. The Balaban J connectivity index is 1.64. The molecule has 0 aliphatic carbocycles. The number of nitrogens with one attached hydrogen (secondary N) is 1. The van der Waals surface area contributed by atoms with Gasteiger partial charge in [-0.25, -0.2) is 8.42 Å². The van der Waals surface area contributed by atoms with Gasteiger partial charge in [-0.05, 0) is 41.1 Å². The van der Waals surface area contributed by atoms with Crippen molar-refractivity contribution in [1.29, 1.82) is 0 Å². The standard InChI is InChI=1S/C19H18N2O2S2/c22-25(23,19-10-5-13-24-19)20-17-8-3-4-9-18(17)21-12-11-15-6-1-2-7-16(15)14-21/h1-10,13,20H,11-12,14H2. The van der Waals surface area contributed by atoms with Gasteiger partial charge >= 0.3 is 0 Å². The van der Waals surface area contributed by atoms with Crippen molar-refractivity contribution < 1.29 is 8.42 Å². The zero-order valence-electron chi connectivity index (χ0n) is 13.6. The molecule has 3 aromatic rings. The molecular weight excluding hydrogens is 352 g/mol. The molecular formula is C19H18N2O2S2. The van der Waals surface area contributed by atoms with E-state index in [1.165, 1.54) is 22.5 Å². The van der Waals surface area contributed by atoms with E-state index in [2.05, 4.69) is 27.8 Å². The summed E-state index contributed by atoms with van der Waals surface area (Å²) >= 11 is 1.22. The lowest BCUT2D eigenvalue weighted by molar-refractivity contribution is 0.603. The van der Waals surface area contributed by atoms with Crippen LogP contribution in [0.3, 0.4) is 0 Å². The van der Waals surface area contributed by atoms with Crippen LogP contribution in [0.4, 0.5) is 11.4 Å². The van der Waals surface area contributed by atoms with Crippen molar-refractivity contribution in [2.24, 2.45) is 0 Å². The minimum Gasteiger partial charge on any atom is -0.365 e. The van der Waals surface area contributed by atoms with Gasteiger partial charge in [0.2, 0.25) is 0 Å². The minimum absolute atomic E-state index is 0.325. The Bertz CT molecular complexity index is 982. The summed E-state index contributed by atoms with van der Waals surface area (Å²) in [6.45, 7) is 1.66. The number of fused-ring (bicyclic) bond motifs is 1. The van der Waals surface area contributed by atoms with Crippen LogP contribution in [0.15, 0.2) is 70.3 Å². The van der Waals surface area contributed by atoms with E-state index in [1.807, 2.05) is 30.3 Å². The highest BCUT2D eigenvalue weighted by Gasteiger charge is 2.21. The van der Waals surface area contributed by atoms with Gasteiger partial charge in [-0.3, -0.25) is 4.72 Å². The molecule has 4 nitrogen and oxygen atoms in total. The van der Waals surface area contributed by atoms with Gasteiger partial charge in [-0.15, -0.1) is 11.3 Å². The van der Waals surface area contributed by atoms with Crippen LogP contribution in [0.1, 0.15) is 11.1 Å². The summed E-state index contributed by atoms with van der Waals surface area (Å²) in [7, 11) is -3.55. The van der Waals surface area contributed by atoms with E-state index in [0.717, 1.165) is 25.2 Å². The van der Waals surface area contributed by atoms with Crippen LogP contribution in [0.5, 0.6) is 0 Å². The van der Waals surface area contributed by atoms with Crippen molar-refractivity contribution in [3.8, 4) is 0 Å².